The van der Waals surface area contributed by atoms with Gasteiger partial charge in [0.15, 0.2) is 5.60 Å². The Labute approximate surface area is 88.5 Å². The molecule has 1 unspecified atom stereocenters. The molecule has 0 aliphatic rings. The fraction of sp³-hybridized carbons (Fsp3) is 0.333. The predicted octanol–water partition coefficient (Wildman–Crippen LogP) is 2.36. The Kier molecular flexibility index (Phi) is 2.91. The molecule has 0 aliphatic carbocycles. The first-order valence-electron chi connectivity index (χ1n) is 4.21. The van der Waals surface area contributed by atoms with E-state index in [9.17, 15) is 28.4 Å². The van der Waals surface area contributed by atoms with Crippen molar-refractivity contribution in [1.82, 2.24) is 0 Å². The number of hydrogen-bond donors (Lipinski definition) is 1. The van der Waals surface area contributed by atoms with E-state index in [4.69, 9.17) is 0 Å². The van der Waals surface area contributed by atoms with Crippen LogP contribution >= 0.6 is 0 Å². The van der Waals surface area contributed by atoms with Crippen LogP contribution in [0, 0.1) is 10.1 Å². The second kappa shape index (κ2) is 3.75. The number of para-hydroxylation sites is 1. The van der Waals surface area contributed by atoms with Gasteiger partial charge >= 0.3 is 6.18 Å². The summed E-state index contributed by atoms with van der Waals surface area (Å²) in [7, 11) is 0. The van der Waals surface area contributed by atoms with Gasteiger partial charge in [0.2, 0.25) is 0 Å². The van der Waals surface area contributed by atoms with Crippen molar-refractivity contribution in [3.63, 3.8) is 0 Å². The average molecular weight is 235 g/mol. The van der Waals surface area contributed by atoms with Crippen LogP contribution in [-0.2, 0) is 5.60 Å². The lowest BCUT2D eigenvalue weighted by molar-refractivity contribution is -0.388. The highest BCUT2D eigenvalue weighted by Gasteiger charge is 2.53. The lowest BCUT2D eigenvalue weighted by atomic mass is 9.94. The molecular weight excluding hydrogens is 227 g/mol. The summed E-state index contributed by atoms with van der Waals surface area (Å²) in [5.41, 5.74) is -4.77. The molecule has 0 aromatic heterocycles. The molecule has 1 N–H and O–H groups in total. The summed E-state index contributed by atoms with van der Waals surface area (Å²) < 4.78 is 37.5. The minimum absolute atomic E-state index is 0.481. The summed E-state index contributed by atoms with van der Waals surface area (Å²) in [6.45, 7) is 0.481. The van der Waals surface area contributed by atoms with E-state index in [0.717, 1.165) is 12.1 Å². The predicted molar refractivity (Wildman–Crippen MR) is 48.7 cm³/mol. The lowest BCUT2D eigenvalue weighted by Gasteiger charge is -2.26. The van der Waals surface area contributed by atoms with Gasteiger partial charge in [-0.05, 0) is 13.0 Å². The number of alkyl halides is 3. The van der Waals surface area contributed by atoms with Gasteiger partial charge in [-0.15, -0.1) is 0 Å². The van der Waals surface area contributed by atoms with E-state index in [-0.39, 0.29) is 0 Å². The third-order valence-corrected chi connectivity index (χ3v) is 2.18. The molecule has 0 radical (unpaired) electrons. The van der Waals surface area contributed by atoms with Crippen LogP contribution in [0.2, 0.25) is 0 Å². The molecule has 0 bridgehead atoms. The number of rotatable bonds is 2. The second-order valence-electron chi connectivity index (χ2n) is 3.34. The fourth-order valence-corrected chi connectivity index (χ4v) is 1.20. The summed E-state index contributed by atoms with van der Waals surface area (Å²) in [6.07, 6.45) is -4.97. The first-order valence-corrected chi connectivity index (χ1v) is 4.21. The van der Waals surface area contributed by atoms with E-state index in [0.29, 0.717) is 6.92 Å². The van der Waals surface area contributed by atoms with Crippen molar-refractivity contribution < 1.29 is 23.2 Å². The van der Waals surface area contributed by atoms with Crippen LogP contribution in [0.1, 0.15) is 12.5 Å². The van der Waals surface area contributed by atoms with Crippen molar-refractivity contribution in [3.8, 4) is 0 Å². The van der Waals surface area contributed by atoms with Crippen molar-refractivity contribution in [1.29, 1.82) is 0 Å². The minimum Gasteiger partial charge on any atom is -0.376 e. The van der Waals surface area contributed by atoms with Crippen LogP contribution in [0.3, 0.4) is 0 Å². The highest BCUT2D eigenvalue weighted by Crippen LogP contribution is 2.41. The van der Waals surface area contributed by atoms with Gasteiger partial charge < -0.3 is 5.11 Å². The fourth-order valence-electron chi connectivity index (χ4n) is 1.20. The number of nitro groups is 1. The van der Waals surface area contributed by atoms with Gasteiger partial charge in [-0.25, -0.2) is 0 Å². The maximum atomic E-state index is 12.5. The molecule has 0 saturated carbocycles. The molecule has 0 amide bonds. The first kappa shape index (κ1) is 12.4. The summed E-state index contributed by atoms with van der Waals surface area (Å²) in [4.78, 5) is 9.56. The molecule has 1 aromatic carbocycles. The normalized spacial score (nSPS) is 15.6. The Bertz CT molecular complexity index is 415. The van der Waals surface area contributed by atoms with Crippen LogP contribution < -0.4 is 0 Å². The number of nitro benzene ring substituents is 1. The Morgan fingerprint density at radius 1 is 1.31 bits per heavy atom. The Morgan fingerprint density at radius 3 is 2.25 bits per heavy atom. The molecule has 16 heavy (non-hydrogen) atoms. The van der Waals surface area contributed by atoms with Crippen LogP contribution in [0.5, 0.6) is 0 Å². The summed E-state index contributed by atoms with van der Waals surface area (Å²) in [5, 5.41) is 19.8. The topological polar surface area (TPSA) is 63.4 Å². The van der Waals surface area contributed by atoms with Crippen LogP contribution in [-0.4, -0.2) is 16.2 Å². The monoisotopic (exact) mass is 235 g/mol. The van der Waals surface area contributed by atoms with E-state index in [1.54, 1.807) is 0 Å². The van der Waals surface area contributed by atoms with Crippen molar-refractivity contribution in [2.24, 2.45) is 0 Å². The van der Waals surface area contributed by atoms with Crippen LogP contribution in [0.4, 0.5) is 18.9 Å². The Balaban J connectivity index is 3.39. The molecule has 0 aliphatic heterocycles. The Hall–Kier alpha value is -1.63. The van der Waals surface area contributed by atoms with Crippen molar-refractivity contribution in [3.05, 3.63) is 39.9 Å². The SMILES string of the molecule is CC(O)(c1ccccc1[N+](=O)[O-])C(F)(F)F. The summed E-state index contributed by atoms with van der Waals surface area (Å²) in [6, 6.07) is 4.22. The van der Waals surface area contributed by atoms with Gasteiger partial charge in [-0.3, -0.25) is 10.1 Å². The molecule has 0 fully saturated rings. The van der Waals surface area contributed by atoms with Gasteiger partial charge in [0.25, 0.3) is 5.69 Å². The van der Waals surface area contributed by atoms with E-state index >= 15 is 0 Å². The highest BCUT2D eigenvalue weighted by atomic mass is 19.4. The molecule has 4 nitrogen and oxygen atoms in total. The van der Waals surface area contributed by atoms with Gasteiger partial charge in [-0.2, -0.15) is 13.2 Å². The zero-order chi connectivity index (χ0) is 12.6. The van der Waals surface area contributed by atoms with Crippen molar-refractivity contribution in [2.75, 3.05) is 0 Å². The number of aliphatic hydroxyl groups is 1. The smallest absolute Gasteiger partial charge is 0.376 e. The van der Waals surface area contributed by atoms with Gasteiger partial charge in [-0.1, -0.05) is 12.1 Å². The maximum absolute atomic E-state index is 12.5. The second-order valence-corrected chi connectivity index (χ2v) is 3.34. The van der Waals surface area contributed by atoms with Gasteiger partial charge in [0.1, 0.15) is 0 Å². The van der Waals surface area contributed by atoms with Gasteiger partial charge in [0, 0.05) is 6.07 Å². The average Bonchev–Trinajstić information content (AvgIpc) is 2.16. The van der Waals surface area contributed by atoms with Crippen molar-refractivity contribution in [2.45, 2.75) is 18.7 Å². The van der Waals surface area contributed by atoms with E-state index in [2.05, 4.69) is 0 Å². The molecule has 88 valence electrons. The Morgan fingerprint density at radius 2 is 1.81 bits per heavy atom. The zero-order valence-corrected chi connectivity index (χ0v) is 8.15. The molecule has 7 heteroatoms. The summed E-state index contributed by atoms with van der Waals surface area (Å²) in [5.74, 6) is 0. The standard InChI is InChI=1S/C9H8F3NO3/c1-8(14,9(10,11)12)6-4-2-3-5-7(6)13(15)16/h2-5,14H,1H3. The third kappa shape index (κ3) is 1.99. The largest absolute Gasteiger partial charge is 0.421 e. The van der Waals surface area contributed by atoms with Crippen LogP contribution in [0.15, 0.2) is 24.3 Å². The molecular formula is C9H8F3NO3. The van der Waals surface area contributed by atoms with E-state index in [1.165, 1.54) is 12.1 Å². The lowest BCUT2D eigenvalue weighted by Crippen LogP contribution is -2.39. The first-order chi connectivity index (χ1) is 7.18. The maximum Gasteiger partial charge on any atom is 0.421 e. The molecule has 1 atom stereocenters. The van der Waals surface area contributed by atoms with Crippen molar-refractivity contribution >= 4 is 5.69 Å². The van der Waals surface area contributed by atoms with E-state index < -0.39 is 28.0 Å². The molecule has 0 spiro atoms. The number of nitrogens with zero attached hydrogens (tertiary/aromatic N) is 1. The molecule has 0 saturated heterocycles. The quantitative estimate of drug-likeness (QED) is 0.632. The van der Waals surface area contributed by atoms with Crippen LogP contribution in [0.25, 0.3) is 0 Å². The molecule has 1 rings (SSSR count). The summed E-state index contributed by atoms with van der Waals surface area (Å²) >= 11 is 0. The zero-order valence-electron chi connectivity index (χ0n) is 8.15. The van der Waals surface area contributed by atoms with E-state index in [1.807, 2.05) is 0 Å². The molecule has 0 heterocycles. The minimum atomic E-state index is -4.97. The highest BCUT2D eigenvalue weighted by molar-refractivity contribution is 5.44. The molecule has 1 aromatic rings. The third-order valence-electron chi connectivity index (χ3n) is 2.18. The number of hydrogen-bond acceptors (Lipinski definition) is 3. The number of halogens is 3. The van der Waals surface area contributed by atoms with Gasteiger partial charge in [0.05, 0.1) is 10.5 Å². The number of benzene rings is 1.